The van der Waals surface area contributed by atoms with Gasteiger partial charge in [-0.25, -0.2) is 4.98 Å². The summed E-state index contributed by atoms with van der Waals surface area (Å²) >= 11 is 3.26. The Hall–Kier alpha value is -2.34. The molecule has 0 aliphatic rings. The number of hydrogen-bond acceptors (Lipinski definition) is 4. The number of nitrogens with zero attached hydrogens (tertiary/aromatic N) is 3. The van der Waals surface area contributed by atoms with Crippen molar-refractivity contribution in [1.29, 1.82) is 0 Å². The first kappa shape index (κ1) is 12.7. The Kier molecular flexibility index (Phi) is 3.39. The molecule has 5 nitrogen and oxygen atoms in total. The van der Waals surface area contributed by atoms with Gasteiger partial charge in [0.05, 0.1) is 11.1 Å². The van der Waals surface area contributed by atoms with Crippen LogP contribution in [0.15, 0.2) is 53.4 Å². The van der Waals surface area contributed by atoms with E-state index in [-0.39, 0.29) is 5.91 Å². The maximum Gasteiger partial charge on any atom is 0.259 e. The third kappa shape index (κ3) is 2.50. The molecule has 0 saturated carbocycles. The highest BCUT2D eigenvalue weighted by Crippen LogP contribution is 2.16. The summed E-state index contributed by atoms with van der Waals surface area (Å²) in [6, 6.07) is 10.6. The maximum atomic E-state index is 12.3. The lowest BCUT2D eigenvalue weighted by Gasteiger charge is -2.06. The first-order valence-electron chi connectivity index (χ1n) is 5.88. The molecule has 0 atom stereocenters. The molecule has 2 heterocycles. The van der Waals surface area contributed by atoms with Crippen molar-refractivity contribution in [1.82, 2.24) is 15.0 Å². The maximum absolute atomic E-state index is 12.3. The number of fused-ring (bicyclic) bond motifs is 1. The molecule has 0 spiro atoms. The van der Waals surface area contributed by atoms with Crippen LogP contribution in [0.3, 0.4) is 0 Å². The van der Waals surface area contributed by atoms with Crippen molar-refractivity contribution in [3.05, 3.63) is 59.0 Å². The summed E-state index contributed by atoms with van der Waals surface area (Å²) in [4.78, 5) is 24.9. The van der Waals surface area contributed by atoms with Crippen molar-refractivity contribution < 1.29 is 4.79 Å². The fourth-order valence-electron chi connectivity index (χ4n) is 1.84. The third-order valence-corrected chi connectivity index (χ3v) is 3.14. The first-order chi connectivity index (χ1) is 9.74. The van der Waals surface area contributed by atoms with E-state index in [2.05, 4.69) is 36.2 Å². The van der Waals surface area contributed by atoms with Gasteiger partial charge in [-0.05, 0) is 40.2 Å². The van der Waals surface area contributed by atoms with Gasteiger partial charge in [-0.15, -0.1) is 0 Å². The van der Waals surface area contributed by atoms with Crippen LogP contribution < -0.4 is 5.32 Å². The molecule has 6 heteroatoms. The summed E-state index contributed by atoms with van der Waals surface area (Å²) in [6.45, 7) is 0. The molecule has 98 valence electrons. The average Bonchev–Trinajstić information content (AvgIpc) is 2.46. The second kappa shape index (κ2) is 5.34. The Morgan fingerprint density at radius 2 is 1.85 bits per heavy atom. The van der Waals surface area contributed by atoms with E-state index in [1.54, 1.807) is 42.7 Å². The molecular weight excluding hydrogens is 320 g/mol. The summed E-state index contributed by atoms with van der Waals surface area (Å²) in [6.07, 6.45) is 3.16. The largest absolute Gasteiger partial charge is 0.306 e. The molecule has 20 heavy (non-hydrogen) atoms. The number of halogens is 1. The molecule has 0 aliphatic carbocycles. The smallest absolute Gasteiger partial charge is 0.259 e. The molecular formula is C14H9BrN4O. The number of benzene rings is 1. The minimum Gasteiger partial charge on any atom is -0.306 e. The number of anilines is 1. The van der Waals surface area contributed by atoms with Gasteiger partial charge in [-0.3, -0.25) is 14.8 Å². The Bertz CT molecular complexity index is 785. The van der Waals surface area contributed by atoms with Crippen LogP contribution in [-0.2, 0) is 0 Å². The number of amides is 1. The number of rotatable bonds is 2. The van der Waals surface area contributed by atoms with Crippen LogP contribution in [0, 0.1) is 0 Å². The monoisotopic (exact) mass is 328 g/mol. The fraction of sp³-hybridized carbons (Fsp3) is 0. The lowest BCUT2D eigenvalue weighted by Crippen LogP contribution is -2.13. The van der Waals surface area contributed by atoms with Gasteiger partial charge in [0.15, 0.2) is 0 Å². The number of aromatic nitrogens is 3. The quantitative estimate of drug-likeness (QED) is 0.734. The molecule has 2 aromatic heterocycles. The van der Waals surface area contributed by atoms with Crippen LogP contribution >= 0.6 is 15.9 Å². The van der Waals surface area contributed by atoms with Gasteiger partial charge in [0.2, 0.25) is 0 Å². The minimum atomic E-state index is -0.262. The molecule has 1 N–H and O–H groups in total. The van der Waals surface area contributed by atoms with Crippen LogP contribution in [-0.4, -0.2) is 20.9 Å². The zero-order valence-electron chi connectivity index (χ0n) is 10.2. The summed E-state index contributed by atoms with van der Waals surface area (Å²) in [5.41, 5.74) is 1.72. The Morgan fingerprint density at radius 3 is 2.70 bits per heavy atom. The van der Waals surface area contributed by atoms with Gasteiger partial charge in [0.1, 0.15) is 15.9 Å². The first-order valence-corrected chi connectivity index (χ1v) is 6.67. The van der Waals surface area contributed by atoms with Crippen molar-refractivity contribution in [2.24, 2.45) is 0 Å². The van der Waals surface area contributed by atoms with Crippen molar-refractivity contribution >= 4 is 38.7 Å². The fourth-order valence-corrected chi connectivity index (χ4v) is 2.18. The summed E-state index contributed by atoms with van der Waals surface area (Å²) in [7, 11) is 0. The molecule has 0 fully saturated rings. The molecule has 0 radical (unpaired) electrons. The SMILES string of the molecule is O=C(Nc1cccc(Br)n1)c1cccc2nccnc12. The van der Waals surface area contributed by atoms with Crippen molar-refractivity contribution in [2.75, 3.05) is 5.32 Å². The van der Waals surface area contributed by atoms with Crippen molar-refractivity contribution in [2.45, 2.75) is 0 Å². The molecule has 0 aliphatic heterocycles. The van der Waals surface area contributed by atoms with E-state index < -0.39 is 0 Å². The average molecular weight is 329 g/mol. The van der Waals surface area contributed by atoms with E-state index in [1.807, 2.05) is 6.07 Å². The number of carbonyl (C=O) groups excluding carboxylic acids is 1. The molecule has 0 unspecified atom stereocenters. The third-order valence-electron chi connectivity index (χ3n) is 2.70. The highest BCUT2D eigenvalue weighted by Gasteiger charge is 2.12. The van der Waals surface area contributed by atoms with E-state index in [9.17, 15) is 4.79 Å². The highest BCUT2D eigenvalue weighted by atomic mass is 79.9. The predicted molar refractivity (Wildman–Crippen MR) is 79.4 cm³/mol. The molecule has 0 saturated heterocycles. The number of nitrogens with one attached hydrogen (secondary N) is 1. The summed E-state index contributed by atoms with van der Waals surface area (Å²) in [5.74, 6) is 0.215. The Morgan fingerprint density at radius 1 is 1.05 bits per heavy atom. The molecule has 1 aromatic carbocycles. The van der Waals surface area contributed by atoms with Crippen LogP contribution in [0.2, 0.25) is 0 Å². The normalized spacial score (nSPS) is 10.4. The molecule has 1 amide bonds. The standard InChI is InChI=1S/C14H9BrN4O/c15-11-5-2-6-12(18-11)19-14(20)9-3-1-4-10-13(9)17-8-7-16-10/h1-8H,(H,18,19,20). The lowest BCUT2D eigenvalue weighted by atomic mass is 10.1. The van der Waals surface area contributed by atoms with E-state index in [4.69, 9.17) is 0 Å². The molecule has 3 aromatic rings. The number of pyridine rings is 1. The van der Waals surface area contributed by atoms with Gasteiger partial charge in [-0.1, -0.05) is 12.1 Å². The summed E-state index contributed by atoms with van der Waals surface area (Å²) in [5, 5.41) is 2.74. The molecule has 0 bridgehead atoms. The topological polar surface area (TPSA) is 67.8 Å². The second-order valence-electron chi connectivity index (χ2n) is 4.03. The Labute approximate surface area is 123 Å². The van der Waals surface area contributed by atoms with Crippen molar-refractivity contribution in [3.63, 3.8) is 0 Å². The van der Waals surface area contributed by atoms with Crippen molar-refractivity contribution in [3.8, 4) is 0 Å². The second-order valence-corrected chi connectivity index (χ2v) is 4.84. The predicted octanol–water partition coefficient (Wildman–Crippen LogP) is 3.04. The van der Waals surface area contributed by atoms with Gasteiger partial charge in [0.25, 0.3) is 5.91 Å². The van der Waals surface area contributed by atoms with E-state index in [1.165, 1.54) is 0 Å². The minimum absolute atomic E-state index is 0.262. The zero-order valence-corrected chi connectivity index (χ0v) is 11.8. The van der Waals surface area contributed by atoms with Gasteiger partial charge in [0, 0.05) is 12.4 Å². The van der Waals surface area contributed by atoms with Gasteiger partial charge in [-0.2, -0.15) is 0 Å². The number of carbonyl (C=O) groups is 1. The van der Waals surface area contributed by atoms with Gasteiger partial charge >= 0.3 is 0 Å². The molecule has 3 rings (SSSR count). The Balaban J connectivity index is 1.97. The van der Waals surface area contributed by atoms with Gasteiger partial charge < -0.3 is 5.32 Å². The van der Waals surface area contributed by atoms with Crippen LogP contribution in [0.4, 0.5) is 5.82 Å². The lowest BCUT2D eigenvalue weighted by molar-refractivity contribution is 0.102. The van der Waals surface area contributed by atoms with Crippen LogP contribution in [0.5, 0.6) is 0 Å². The van der Waals surface area contributed by atoms with Crippen LogP contribution in [0.25, 0.3) is 11.0 Å². The van der Waals surface area contributed by atoms with Crippen LogP contribution in [0.1, 0.15) is 10.4 Å². The summed E-state index contributed by atoms with van der Waals surface area (Å²) < 4.78 is 0.660. The number of para-hydroxylation sites is 1. The zero-order chi connectivity index (χ0) is 13.9. The van der Waals surface area contributed by atoms with E-state index >= 15 is 0 Å². The van der Waals surface area contributed by atoms with E-state index in [0.717, 1.165) is 0 Å². The highest BCUT2D eigenvalue weighted by molar-refractivity contribution is 9.10. The van der Waals surface area contributed by atoms with E-state index in [0.29, 0.717) is 27.0 Å². The number of hydrogen-bond donors (Lipinski definition) is 1.